The summed E-state index contributed by atoms with van der Waals surface area (Å²) >= 11 is 0. The lowest BCUT2D eigenvalue weighted by Gasteiger charge is -2.09. The summed E-state index contributed by atoms with van der Waals surface area (Å²) in [7, 11) is 1.69. The monoisotopic (exact) mass is 297 g/mol. The third kappa shape index (κ3) is 6.59. The van der Waals surface area contributed by atoms with Crippen molar-refractivity contribution in [1.29, 1.82) is 0 Å². The van der Waals surface area contributed by atoms with Gasteiger partial charge in [0.2, 0.25) is 0 Å². The van der Waals surface area contributed by atoms with Gasteiger partial charge in [0.1, 0.15) is 0 Å². The van der Waals surface area contributed by atoms with Gasteiger partial charge in [-0.25, -0.2) is 0 Å². The van der Waals surface area contributed by atoms with E-state index in [1.807, 2.05) is 0 Å². The molecule has 0 aromatic carbocycles. The first-order valence-electron chi connectivity index (χ1n) is 7.89. The molecule has 1 N–H and O–H groups in total. The fourth-order valence-electron chi connectivity index (χ4n) is 2.36. The van der Waals surface area contributed by atoms with Crippen molar-refractivity contribution >= 4 is 0 Å². The normalized spacial score (nSPS) is 11.5. The van der Waals surface area contributed by atoms with Gasteiger partial charge in [-0.1, -0.05) is 13.8 Å². The van der Waals surface area contributed by atoms with Crippen molar-refractivity contribution in [1.82, 2.24) is 15.1 Å². The first-order chi connectivity index (χ1) is 10.1. The summed E-state index contributed by atoms with van der Waals surface area (Å²) in [6.45, 7) is 12.6. The van der Waals surface area contributed by atoms with E-state index < -0.39 is 0 Å². The average molecular weight is 297 g/mol. The van der Waals surface area contributed by atoms with Gasteiger partial charge < -0.3 is 14.8 Å². The largest absolute Gasteiger partial charge is 0.382 e. The van der Waals surface area contributed by atoms with E-state index in [4.69, 9.17) is 9.47 Å². The Hall–Kier alpha value is -0.910. The summed E-state index contributed by atoms with van der Waals surface area (Å²) in [4.78, 5) is 0. The van der Waals surface area contributed by atoms with E-state index in [0.29, 0.717) is 19.3 Å². The fraction of sp³-hybridized carbons (Fsp3) is 0.812. The maximum Gasteiger partial charge on any atom is 0.0700 e. The third-order valence-corrected chi connectivity index (χ3v) is 3.55. The number of rotatable bonds is 11. The molecule has 5 heteroatoms. The number of methoxy groups -OCH3 is 1. The number of hydrogen-bond donors (Lipinski definition) is 1. The molecule has 0 aliphatic heterocycles. The fourth-order valence-corrected chi connectivity index (χ4v) is 2.36. The second kappa shape index (κ2) is 9.92. The molecular formula is C16H31N3O2. The minimum Gasteiger partial charge on any atom is -0.382 e. The first kappa shape index (κ1) is 18.1. The second-order valence-electron chi connectivity index (χ2n) is 5.69. The van der Waals surface area contributed by atoms with Crippen LogP contribution in [0.4, 0.5) is 0 Å². The van der Waals surface area contributed by atoms with E-state index in [2.05, 4.69) is 42.8 Å². The topological polar surface area (TPSA) is 48.3 Å². The number of hydrogen-bond acceptors (Lipinski definition) is 4. The highest BCUT2D eigenvalue weighted by Gasteiger charge is 2.11. The van der Waals surface area contributed by atoms with Gasteiger partial charge >= 0.3 is 0 Å². The van der Waals surface area contributed by atoms with E-state index in [9.17, 15) is 0 Å². The smallest absolute Gasteiger partial charge is 0.0700 e. The molecule has 1 aromatic rings. The van der Waals surface area contributed by atoms with Gasteiger partial charge in [-0.05, 0) is 38.8 Å². The van der Waals surface area contributed by atoms with Crippen LogP contribution in [0.2, 0.25) is 0 Å². The van der Waals surface area contributed by atoms with Crippen LogP contribution in [-0.4, -0.2) is 49.3 Å². The van der Waals surface area contributed by atoms with Crippen LogP contribution in [0.1, 0.15) is 37.2 Å². The van der Waals surface area contributed by atoms with Crippen molar-refractivity contribution in [2.24, 2.45) is 0 Å². The summed E-state index contributed by atoms with van der Waals surface area (Å²) < 4.78 is 12.5. The zero-order valence-electron chi connectivity index (χ0n) is 14.2. The highest BCUT2D eigenvalue weighted by Crippen LogP contribution is 2.14. The quantitative estimate of drug-likeness (QED) is 0.635. The van der Waals surface area contributed by atoms with Gasteiger partial charge in [0.15, 0.2) is 0 Å². The van der Waals surface area contributed by atoms with Crippen LogP contribution in [0, 0.1) is 13.8 Å². The molecule has 0 fully saturated rings. The van der Waals surface area contributed by atoms with E-state index in [0.717, 1.165) is 38.2 Å². The Labute approximate surface area is 129 Å². The standard InChI is InChI=1S/C16H31N3O2/c1-13(2)17-8-7-16-14(3)18-19(15(16)4)9-6-10-21-12-11-20-5/h13,17H,6-12H2,1-5H3. The van der Waals surface area contributed by atoms with Crippen LogP contribution >= 0.6 is 0 Å². The van der Waals surface area contributed by atoms with Crippen LogP contribution < -0.4 is 5.32 Å². The van der Waals surface area contributed by atoms with Crippen molar-refractivity contribution in [3.05, 3.63) is 17.0 Å². The molecule has 1 aromatic heterocycles. The Kier molecular flexibility index (Phi) is 8.57. The molecule has 0 radical (unpaired) electrons. The Bertz CT molecular complexity index is 402. The molecule has 0 spiro atoms. The summed E-state index contributed by atoms with van der Waals surface area (Å²) in [6, 6.07) is 0.532. The van der Waals surface area contributed by atoms with Gasteiger partial charge in [-0.15, -0.1) is 0 Å². The molecule has 5 nitrogen and oxygen atoms in total. The van der Waals surface area contributed by atoms with Crippen LogP contribution in [0.15, 0.2) is 0 Å². The van der Waals surface area contributed by atoms with Crippen LogP contribution in [-0.2, 0) is 22.4 Å². The van der Waals surface area contributed by atoms with Crippen molar-refractivity contribution in [3.8, 4) is 0 Å². The first-order valence-corrected chi connectivity index (χ1v) is 7.89. The SMILES string of the molecule is COCCOCCCn1nc(C)c(CCNC(C)C)c1C. The minimum atomic E-state index is 0.532. The zero-order chi connectivity index (χ0) is 15.7. The van der Waals surface area contributed by atoms with Gasteiger partial charge in [0.25, 0.3) is 0 Å². The Morgan fingerprint density at radius 2 is 1.95 bits per heavy atom. The van der Waals surface area contributed by atoms with Gasteiger partial charge in [0.05, 0.1) is 18.9 Å². The maximum atomic E-state index is 5.49. The molecule has 0 saturated carbocycles. The maximum absolute atomic E-state index is 5.49. The average Bonchev–Trinajstić information content (AvgIpc) is 2.70. The number of nitrogens with one attached hydrogen (secondary N) is 1. The zero-order valence-corrected chi connectivity index (χ0v) is 14.2. The second-order valence-corrected chi connectivity index (χ2v) is 5.69. The number of aryl methyl sites for hydroxylation is 2. The Morgan fingerprint density at radius 3 is 2.62 bits per heavy atom. The molecule has 0 saturated heterocycles. The molecule has 0 amide bonds. The van der Waals surface area contributed by atoms with E-state index in [1.54, 1.807) is 7.11 Å². The van der Waals surface area contributed by atoms with Crippen LogP contribution in [0.25, 0.3) is 0 Å². The highest BCUT2D eigenvalue weighted by atomic mass is 16.5. The van der Waals surface area contributed by atoms with E-state index in [-0.39, 0.29) is 0 Å². The lowest BCUT2D eigenvalue weighted by molar-refractivity contribution is 0.0676. The minimum absolute atomic E-state index is 0.532. The molecule has 1 heterocycles. The summed E-state index contributed by atoms with van der Waals surface area (Å²) in [5, 5.41) is 8.11. The molecule has 122 valence electrons. The van der Waals surface area contributed by atoms with Gasteiger partial charge in [0, 0.05) is 32.0 Å². The van der Waals surface area contributed by atoms with Crippen molar-refractivity contribution in [2.75, 3.05) is 33.5 Å². The molecule has 0 bridgehead atoms. The van der Waals surface area contributed by atoms with Gasteiger partial charge in [-0.3, -0.25) is 4.68 Å². The highest BCUT2D eigenvalue weighted by molar-refractivity contribution is 5.24. The lowest BCUT2D eigenvalue weighted by Crippen LogP contribution is -2.25. The summed E-state index contributed by atoms with van der Waals surface area (Å²) in [6.07, 6.45) is 2.02. The molecule has 0 atom stereocenters. The van der Waals surface area contributed by atoms with Crippen molar-refractivity contribution in [3.63, 3.8) is 0 Å². The number of aromatic nitrogens is 2. The number of nitrogens with zero attached hydrogens (tertiary/aromatic N) is 2. The number of ether oxygens (including phenoxy) is 2. The predicted molar refractivity (Wildman–Crippen MR) is 85.9 cm³/mol. The van der Waals surface area contributed by atoms with Crippen molar-refractivity contribution in [2.45, 2.75) is 53.1 Å². The Balaban J connectivity index is 2.38. The van der Waals surface area contributed by atoms with E-state index >= 15 is 0 Å². The van der Waals surface area contributed by atoms with Crippen LogP contribution in [0.3, 0.4) is 0 Å². The van der Waals surface area contributed by atoms with E-state index in [1.165, 1.54) is 11.3 Å². The third-order valence-electron chi connectivity index (χ3n) is 3.55. The summed E-state index contributed by atoms with van der Waals surface area (Å²) in [5.74, 6) is 0. The molecule has 0 aliphatic carbocycles. The molecule has 21 heavy (non-hydrogen) atoms. The Morgan fingerprint density at radius 1 is 1.19 bits per heavy atom. The van der Waals surface area contributed by atoms with Gasteiger partial charge in [-0.2, -0.15) is 5.10 Å². The lowest BCUT2D eigenvalue weighted by atomic mass is 10.1. The predicted octanol–water partition coefficient (Wildman–Crippen LogP) is 2.09. The molecule has 0 aliphatic rings. The van der Waals surface area contributed by atoms with Crippen molar-refractivity contribution < 1.29 is 9.47 Å². The summed E-state index contributed by atoms with van der Waals surface area (Å²) in [5.41, 5.74) is 3.82. The molecule has 1 rings (SSSR count). The molecule has 0 unspecified atom stereocenters. The van der Waals surface area contributed by atoms with Crippen LogP contribution in [0.5, 0.6) is 0 Å². The molecular weight excluding hydrogens is 266 g/mol.